The molecule has 0 aliphatic carbocycles. The Labute approximate surface area is 271 Å². The first-order valence-corrected chi connectivity index (χ1v) is 31.3. The van der Waals surface area contributed by atoms with E-state index in [1.165, 1.54) is 59.3 Å². The van der Waals surface area contributed by atoms with Crippen LogP contribution >= 0.6 is 17.0 Å². The van der Waals surface area contributed by atoms with Crippen molar-refractivity contribution in [2.24, 2.45) is 0 Å². The SMILES string of the molecule is Cc1cc(-c2cccc3ccccc23)c[cH-]1.Cc1cc(-c2cccc3ccccc23)c[cH-]1.[CH3][Ge]([c]1ccccc1)=[Zr]([Cl])[Cl]. The monoisotopic (exact) mass is 736 g/mol. The third-order valence-electron chi connectivity index (χ3n) is 7.51. The van der Waals surface area contributed by atoms with Crippen LogP contribution in [0, 0.1) is 13.8 Å². The topological polar surface area (TPSA) is 0 Å². The van der Waals surface area contributed by atoms with Crippen molar-refractivity contribution < 1.29 is 16.2 Å². The molecule has 0 amide bonds. The Hall–Kier alpha value is -2.67. The van der Waals surface area contributed by atoms with Crippen molar-refractivity contribution in [3.05, 3.63) is 163 Å². The number of hydrogen-bond acceptors (Lipinski definition) is 0. The van der Waals surface area contributed by atoms with Crippen LogP contribution in [0.1, 0.15) is 11.1 Å². The van der Waals surface area contributed by atoms with Crippen molar-refractivity contribution in [2.45, 2.75) is 19.6 Å². The standard InChI is InChI=1S/2C16H13.C7H8Ge.2ClH.Zr/c2*1-12-9-10-14(11-12)16-8-4-6-13-5-2-3-7-15(13)16;1-8-7-5-3-2-4-6-7;;;/h2*2-11H,1H3;2-6H,1H3;2*1H;/q2*-1;;;;+2/p-2. The van der Waals surface area contributed by atoms with Crippen molar-refractivity contribution in [3.8, 4) is 22.3 Å². The van der Waals surface area contributed by atoms with Gasteiger partial charge < -0.3 is 0 Å². The predicted octanol–water partition coefficient (Wildman–Crippen LogP) is 11.5. The van der Waals surface area contributed by atoms with E-state index in [0.29, 0.717) is 0 Å². The van der Waals surface area contributed by atoms with E-state index in [1.807, 2.05) is 6.07 Å². The summed E-state index contributed by atoms with van der Waals surface area (Å²) in [7, 11) is 10.8. The fraction of sp³-hybridized carbons (Fsp3) is 0.0769. The number of benzene rings is 5. The second kappa shape index (κ2) is 15.4. The molecule has 7 rings (SSSR count). The Morgan fingerprint density at radius 3 is 1.37 bits per heavy atom. The summed E-state index contributed by atoms with van der Waals surface area (Å²) in [6, 6.07) is 53.7. The van der Waals surface area contributed by atoms with Gasteiger partial charge in [-0.1, -0.05) is 110 Å². The van der Waals surface area contributed by atoms with Gasteiger partial charge in [0.15, 0.2) is 0 Å². The molecule has 0 N–H and O–H groups in total. The molecule has 0 spiro atoms. The van der Waals surface area contributed by atoms with Crippen molar-refractivity contribution in [3.63, 3.8) is 0 Å². The molecular formula is C39H34Cl2GeZr-2. The molecule has 7 aromatic carbocycles. The van der Waals surface area contributed by atoms with Gasteiger partial charge in [-0.25, -0.2) is 12.1 Å². The van der Waals surface area contributed by atoms with Crippen molar-refractivity contribution in [1.29, 1.82) is 0 Å². The minimum atomic E-state index is -1.89. The van der Waals surface area contributed by atoms with Gasteiger partial charge in [-0.15, -0.1) is 0 Å². The molecule has 0 unspecified atom stereocenters. The summed E-state index contributed by atoms with van der Waals surface area (Å²) in [5, 5.41) is 5.27. The van der Waals surface area contributed by atoms with Crippen LogP contribution in [0.25, 0.3) is 43.8 Å². The molecule has 0 aromatic heterocycles. The molecule has 43 heavy (non-hydrogen) atoms. The van der Waals surface area contributed by atoms with Gasteiger partial charge in [-0.05, 0) is 21.5 Å². The van der Waals surface area contributed by atoms with Crippen LogP contribution in [0.5, 0.6) is 0 Å². The third-order valence-corrected chi connectivity index (χ3v) is 39.6. The van der Waals surface area contributed by atoms with Crippen molar-refractivity contribution >= 4 is 52.9 Å². The molecule has 0 saturated carbocycles. The summed E-state index contributed by atoms with van der Waals surface area (Å²) in [5.41, 5.74) is 7.92. The van der Waals surface area contributed by atoms with Gasteiger partial charge in [0, 0.05) is 0 Å². The van der Waals surface area contributed by atoms with Crippen LogP contribution < -0.4 is 4.40 Å². The molecule has 0 aliphatic rings. The Kier molecular flexibility index (Phi) is 11.3. The van der Waals surface area contributed by atoms with Gasteiger partial charge in [0.2, 0.25) is 0 Å². The van der Waals surface area contributed by atoms with Gasteiger partial charge in [-0.2, -0.15) is 46.5 Å². The number of rotatable bonds is 3. The van der Waals surface area contributed by atoms with Gasteiger partial charge in [0.1, 0.15) is 0 Å². The predicted molar refractivity (Wildman–Crippen MR) is 189 cm³/mol. The summed E-state index contributed by atoms with van der Waals surface area (Å²) in [5.74, 6) is 2.27. The van der Waals surface area contributed by atoms with Crippen LogP contribution in [-0.4, -0.2) is 9.98 Å². The summed E-state index contributed by atoms with van der Waals surface area (Å²) >= 11 is -1.89. The molecule has 0 bridgehead atoms. The van der Waals surface area contributed by atoms with Crippen LogP contribution in [0.3, 0.4) is 0 Å². The zero-order valence-corrected chi connectivity index (χ0v) is 30.8. The maximum atomic E-state index is 6.00. The first-order chi connectivity index (χ1) is 20.9. The van der Waals surface area contributed by atoms with E-state index in [2.05, 4.69) is 165 Å². The van der Waals surface area contributed by atoms with Crippen LogP contribution in [0.2, 0.25) is 5.76 Å². The Bertz CT molecular complexity index is 1850. The zero-order valence-electron chi connectivity index (χ0n) is 24.7. The minimum absolute atomic E-state index is 1.17. The van der Waals surface area contributed by atoms with E-state index in [-0.39, 0.29) is 0 Å². The number of fused-ring (bicyclic) bond motifs is 2. The Morgan fingerprint density at radius 1 is 0.535 bits per heavy atom. The van der Waals surface area contributed by atoms with E-state index in [4.69, 9.17) is 17.0 Å². The molecular weight excluding hydrogens is 703 g/mol. The molecule has 0 heterocycles. The van der Waals surface area contributed by atoms with Crippen LogP contribution in [0.4, 0.5) is 0 Å². The number of halogens is 2. The normalized spacial score (nSPS) is 10.4. The van der Waals surface area contributed by atoms with Crippen molar-refractivity contribution in [2.75, 3.05) is 0 Å². The second-order valence-corrected chi connectivity index (χ2v) is 45.0. The summed E-state index contributed by atoms with van der Waals surface area (Å²) in [4.78, 5) is 0. The van der Waals surface area contributed by atoms with Crippen LogP contribution in [-0.2, 0) is 16.2 Å². The molecule has 0 fully saturated rings. The Balaban J connectivity index is 0.000000131. The molecule has 4 heteroatoms. The third kappa shape index (κ3) is 8.28. The summed E-state index contributed by atoms with van der Waals surface area (Å²) in [6.07, 6.45) is 0. The molecule has 7 aromatic rings. The molecule has 214 valence electrons. The number of hydrogen-bond donors (Lipinski definition) is 0. The first-order valence-electron chi connectivity index (χ1n) is 14.4. The molecule has 0 saturated heterocycles. The molecule has 0 atom stereocenters. The van der Waals surface area contributed by atoms with E-state index < -0.39 is 26.2 Å². The zero-order chi connectivity index (χ0) is 30.2. The first kappa shape index (κ1) is 31.7. The van der Waals surface area contributed by atoms with Gasteiger partial charge >= 0.3 is 83.7 Å². The quantitative estimate of drug-likeness (QED) is 0.125. The fourth-order valence-corrected chi connectivity index (χ4v) is 18.7. The second-order valence-electron chi connectivity index (χ2n) is 10.7. The van der Waals surface area contributed by atoms with E-state index in [0.717, 1.165) is 0 Å². The van der Waals surface area contributed by atoms with E-state index in [9.17, 15) is 0 Å². The molecule has 0 aliphatic heterocycles. The molecule has 0 nitrogen and oxygen atoms in total. The van der Waals surface area contributed by atoms with E-state index >= 15 is 0 Å². The van der Waals surface area contributed by atoms with Crippen LogP contribution in [0.15, 0.2) is 152 Å². The average molecular weight is 737 g/mol. The fourth-order valence-electron chi connectivity index (χ4n) is 5.21. The van der Waals surface area contributed by atoms with Gasteiger partial charge in [-0.3, -0.25) is 0 Å². The Morgan fingerprint density at radius 2 is 0.953 bits per heavy atom. The summed E-state index contributed by atoms with van der Waals surface area (Å²) in [6.45, 7) is 4.27. The van der Waals surface area contributed by atoms with Gasteiger partial charge in [0.05, 0.1) is 0 Å². The van der Waals surface area contributed by atoms with Crippen molar-refractivity contribution in [1.82, 2.24) is 0 Å². The van der Waals surface area contributed by atoms with E-state index in [1.54, 1.807) is 0 Å². The number of aryl methyl sites for hydroxylation is 2. The van der Waals surface area contributed by atoms with Gasteiger partial charge in [0.25, 0.3) is 0 Å². The maximum absolute atomic E-state index is 6.00. The average Bonchev–Trinajstić information content (AvgIpc) is 3.69. The summed E-state index contributed by atoms with van der Waals surface area (Å²) < 4.78 is 1.44. The molecule has 0 radical (unpaired) electrons.